The highest BCUT2D eigenvalue weighted by atomic mass is 16.5. The van der Waals surface area contributed by atoms with Gasteiger partial charge < -0.3 is 15.4 Å². The molecule has 1 aliphatic carbocycles. The fourth-order valence-corrected chi connectivity index (χ4v) is 3.14. The van der Waals surface area contributed by atoms with Crippen LogP contribution in [0.5, 0.6) is 5.75 Å². The first-order chi connectivity index (χ1) is 13.3. The van der Waals surface area contributed by atoms with Gasteiger partial charge in [-0.2, -0.15) is 0 Å². The van der Waals surface area contributed by atoms with Crippen molar-refractivity contribution in [3.63, 3.8) is 0 Å². The summed E-state index contributed by atoms with van der Waals surface area (Å²) in [5, 5.41) is 14.2. The number of amides is 1. The van der Waals surface area contributed by atoms with Crippen LogP contribution in [-0.2, 0) is 6.54 Å². The third-order valence-corrected chi connectivity index (χ3v) is 4.67. The van der Waals surface area contributed by atoms with E-state index in [4.69, 9.17) is 4.74 Å². The molecule has 27 heavy (non-hydrogen) atoms. The van der Waals surface area contributed by atoms with Crippen molar-refractivity contribution < 1.29 is 9.53 Å². The van der Waals surface area contributed by atoms with Crippen molar-refractivity contribution in [1.82, 2.24) is 15.5 Å². The summed E-state index contributed by atoms with van der Waals surface area (Å²) in [6, 6.07) is 11.2. The van der Waals surface area contributed by atoms with E-state index in [1.165, 1.54) is 18.4 Å². The second-order valence-electron chi connectivity index (χ2n) is 6.58. The maximum Gasteiger partial charge on any atom is 0.271 e. The molecule has 0 spiro atoms. The smallest absolute Gasteiger partial charge is 0.271 e. The number of ether oxygens (including phenoxy) is 1. The standard InChI is InChI=1S/C21H26N4O2/c1-27-19-10-6-5-9-17(19)15-23-20-12-11-18(24-25-20)21(26)22-14-13-16-7-3-2-4-8-16/h5-7,9-12H,2-4,8,13-15H2,1H3,(H,22,26)(H,23,25). The van der Waals surface area contributed by atoms with Crippen LogP contribution < -0.4 is 15.4 Å². The van der Waals surface area contributed by atoms with E-state index in [0.717, 1.165) is 30.6 Å². The fourth-order valence-electron chi connectivity index (χ4n) is 3.14. The number of benzene rings is 1. The summed E-state index contributed by atoms with van der Waals surface area (Å²) in [6.07, 6.45) is 8.08. The average molecular weight is 366 g/mol. The Morgan fingerprint density at radius 1 is 1.15 bits per heavy atom. The van der Waals surface area contributed by atoms with Crippen LogP contribution in [0, 0.1) is 0 Å². The summed E-state index contributed by atoms with van der Waals surface area (Å²) >= 11 is 0. The molecule has 0 atom stereocenters. The third-order valence-electron chi connectivity index (χ3n) is 4.67. The molecule has 1 amide bonds. The Morgan fingerprint density at radius 3 is 2.78 bits per heavy atom. The fraction of sp³-hybridized carbons (Fsp3) is 0.381. The Balaban J connectivity index is 1.47. The summed E-state index contributed by atoms with van der Waals surface area (Å²) in [6.45, 7) is 1.21. The quantitative estimate of drug-likeness (QED) is 0.697. The topological polar surface area (TPSA) is 76.1 Å². The average Bonchev–Trinajstić information content (AvgIpc) is 2.73. The lowest BCUT2D eigenvalue weighted by atomic mass is 9.97. The minimum atomic E-state index is -0.185. The number of nitrogens with one attached hydrogen (secondary N) is 2. The highest BCUT2D eigenvalue weighted by molar-refractivity contribution is 5.92. The second-order valence-corrected chi connectivity index (χ2v) is 6.58. The summed E-state index contributed by atoms with van der Waals surface area (Å²) in [5.41, 5.74) is 2.81. The van der Waals surface area contributed by atoms with Crippen LogP contribution in [0.1, 0.15) is 48.2 Å². The molecule has 6 nitrogen and oxygen atoms in total. The Labute approximate surface area is 160 Å². The molecule has 1 aromatic carbocycles. The Hall–Kier alpha value is -2.89. The SMILES string of the molecule is COc1ccccc1CNc1ccc(C(=O)NCCC2=CCCCC2)nn1. The third kappa shape index (κ3) is 5.54. The molecule has 3 rings (SSSR count). The maximum atomic E-state index is 12.2. The van der Waals surface area contributed by atoms with E-state index >= 15 is 0 Å². The largest absolute Gasteiger partial charge is 0.496 e. The number of anilines is 1. The van der Waals surface area contributed by atoms with E-state index in [1.54, 1.807) is 19.2 Å². The number of aromatic nitrogens is 2. The molecule has 0 bridgehead atoms. The van der Waals surface area contributed by atoms with Gasteiger partial charge in [0.1, 0.15) is 11.6 Å². The van der Waals surface area contributed by atoms with Gasteiger partial charge in [0, 0.05) is 18.7 Å². The van der Waals surface area contributed by atoms with Crippen molar-refractivity contribution >= 4 is 11.7 Å². The van der Waals surface area contributed by atoms with E-state index < -0.39 is 0 Å². The number of hydrogen-bond acceptors (Lipinski definition) is 5. The van der Waals surface area contributed by atoms with Crippen LogP contribution in [-0.4, -0.2) is 29.8 Å². The molecular weight excluding hydrogens is 340 g/mol. The van der Waals surface area contributed by atoms with Gasteiger partial charge in [-0.25, -0.2) is 0 Å². The van der Waals surface area contributed by atoms with Crippen LogP contribution in [0.15, 0.2) is 48.0 Å². The van der Waals surface area contributed by atoms with Crippen molar-refractivity contribution in [1.29, 1.82) is 0 Å². The zero-order valence-electron chi connectivity index (χ0n) is 15.7. The van der Waals surface area contributed by atoms with E-state index in [-0.39, 0.29) is 5.91 Å². The lowest BCUT2D eigenvalue weighted by Gasteiger charge is -2.12. The van der Waals surface area contributed by atoms with Crippen LogP contribution in [0.25, 0.3) is 0 Å². The van der Waals surface area contributed by atoms with Gasteiger partial charge >= 0.3 is 0 Å². The molecule has 6 heteroatoms. The van der Waals surface area contributed by atoms with Gasteiger partial charge in [0.05, 0.1) is 7.11 Å². The van der Waals surface area contributed by atoms with E-state index in [1.807, 2.05) is 24.3 Å². The molecule has 0 saturated carbocycles. The monoisotopic (exact) mass is 366 g/mol. The molecular formula is C21H26N4O2. The highest BCUT2D eigenvalue weighted by Gasteiger charge is 2.09. The maximum absolute atomic E-state index is 12.2. The molecule has 0 fully saturated rings. The Kier molecular flexibility index (Phi) is 6.79. The zero-order valence-corrected chi connectivity index (χ0v) is 15.7. The molecule has 0 unspecified atom stereocenters. The van der Waals surface area contributed by atoms with Crippen LogP contribution in [0.2, 0.25) is 0 Å². The molecule has 1 aromatic heterocycles. The minimum absolute atomic E-state index is 0.185. The van der Waals surface area contributed by atoms with Gasteiger partial charge in [-0.3, -0.25) is 4.79 Å². The molecule has 0 saturated heterocycles. The Bertz CT molecular complexity index is 787. The van der Waals surface area contributed by atoms with Gasteiger partial charge in [0.25, 0.3) is 5.91 Å². The highest BCUT2D eigenvalue weighted by Crippen LogP contribution is 2.20. The normalized spacial score (nSPS) is 13.6. The van der Waals surface area contributed by atoms with Gasteiger partial charge in [-0.15, -0.1) is 10.2 Å². The van der Waals surface area contributed by atoms with Gasteiger partial charge in [-0.1, -0.05) is 29.8 Å². The molecule has 2 aromatic rings. The number of para-hydroxylation sites is 1. The van der Waals surface area contributed by atoms with Crippen molar-refractivity contribution in [2.75, 3.05) is 19.0 Å². The van der Waals surface area contributed by atoms with Crippen molar-refractivity contribution in [3.8, 4) is 5.75 Å². The van der Waals surface area contributed by atoms with Crippen molar-refractivity contribution in [3.05, 3.63) is 59.3 Å². The summed E-state index contributed by atoms with van der Waals surface area (Å²) in [4.78, 5) is 12.2. The van der Waals surface area contributed by atoms with E-state index in [9.17, 15) is 4.79 Å². The number of methoxy groups -OCH3 is 1. The molecule has 0 aliphatic heterocycles. The van der Waals surface area contributed by atoms with Crippen molar-refractivity contribution in [2.45, 2.75) is 38.6 Å². The van der Waals surface area contributed by atoms with Crippen molar-refractivity contribution in [2.24, 2.45) is 0 Å². The molecule has 2 N–H and O–H groups in total. The van der Waals surface area contributed by atoms with Gasteiger partial charge in [0.2, 0.25) is 0 Å². The first kappa shape index (κ1) is 18.9. The molecule has 0 radical (unpaired) electrons. The second kappa shape index (κ2) is 9.71. The predicted octanol–water partition coefficient (Wildman–Crippen LogP) is 3.72. The molecule has 1 heterocycles. The summed E-state index contributed by atoms with van der Waals surface area (Å²) in [5.74, 6) is 1.25. The predicted molar refractivity (Wildman–Crippen MR) is 106 cm³/mol. The number of nitrogens with zero attached hydrogens (tertiary/aromatic N) is 2. The van der Waals surface area contributed by atoms with E-state index in [2.05, 4.69) is 26.9 Å². The van der Waals surface area contributed by atoms with Crippen LogP contribution in [0.4, 0.5) is 5.82 Å². The Morgan fingerprint density at radius 2 is 2.04 bits per heavy atom. The summed E-state index contributed by atoms with van der Waals surface area (Å²) < 4.78 is 5.33. The van der Waals surface area contributed by atoms with Crippen LogP contribution in [0.3, 0.4) is 0 Å². The number of rotatable bonds is 8. The van der Waals surface area contributed by atoms with Crippen LogP contribution >= 0.6 is 0 Å². The first-order valence-corrected chi connectivity index (χ1v) is 9.42. The van der Waals surface area contributed by atoms with Gasteiger partial charge in [-0.05, 0) is 50.3 Å². The number of allylic oxidation sites excluding steroid dienone is 1. The lowest BCUT2D eigenvalue weighted by Crippen LogP contribution is -2.26. The lowest BCUT2D eigenvalue weighted by molar-refractivity contribution is 0.0948. The van der Waals surface area contributed by atoms with E-state index in [0.29, 0.717) is 24.6 Å². The number of carbonyl (C=O) groups is 1. The number of carbonyl (C=O) groups excluding carboxylic acids is 1. The molecule has 1 aliphatic rings. The first-order valence-electron chi connectivity index (χ1n) is 9.42. The zero-order chi connectivity index (χ0) is 18.9. The van der Waals surface area contributed by atoms with Gasteiger partial charge in [0.15, 0.2) is 5.69 Å². The molecule has 142 valence electrons. The minimum Gasteiger partial charge on any atom is -0.496 e. The number of hydrogen-bond donors (Lipinski definition) is 2. The summed E-state index contributed by atoms with van der Waals surface area (Å²) in [7, 11) is 1.65.